The van der Waals surface area contributed by atoms with Crippen LogP contribution in [0.4, 0.5) is 4.39 Å². The molecule has 22 heavy (non-hydrogen) atoms. The molecule has 0 radical (unpaired) electrons. The van der Waals surface area contributed by atoms with Crippen molar-refractivity contribution in [1.82, 2.24) is 15.1 Å². The molecule has 1 aromatic heterocycles. The van der Waals surface area contributed by atoms with E-state index in [-0.39, 0.29) is 12.5 Å². The van der Waals surface area contributed by atoms with Crippen molar-refractivity contribution >= 4 is 5.91 Å². The smallest absolute Gasteiger partial charge is 0.269 e. The van der Waals surface area contributed by atoms with Crippen LogP contribution in [0.1, 0.15) is 21.7 Å². The zero-order valence-corrected chi connectivity index (χ0v) is 12.5. The van der Waals surface area contributed by atoms with E-state index >= 15 is 0 Å². The summed E-state index contributed by atoms with van der Waals surface area (Å²) in [6.45, 7) is 2.38. The summed E-state index contributed by atoms with van der Waals surface area (Å²) in [6, 6.07) is 9.03. The zero-order valence-electron chi connectivity index (χ0n) is 12.5. The van der Waals surface area contributed by atoms with E-state index in [1.807, 2.05) is 19.1 Å². The van der Waals surface area contributed by atoms with Gasteiger partial charge in [-0.15, -0.1) is 0 Å². The maximum atomic E-state index is 12.1. The molecule has 6 heteroatoms. The Hall–Kier alpha value is -2.63. The minimum atomic E-state index is -0.185. The number of ether oxygens (including phenoxy) is 1. The lowest BCUT2D eigenvalue weighted by Gasteiger charge is -2.08. The number of halogens is 1. The molecule has 0 atom stereocenters. The quantitative estimate of drug-likeness (QED) is 0.892. The molecule has 0 aliphatic carbocycles. The Morgan fingerprint density at radius 3 is 2.95 bits per heavy atom. The highest BCUT2D eigenvalue weighted by molar-refractivity contribution is 5.92. The van der Waals surface area contributed by atoms with E-state index in [1.54, 1.807) is 29.9 Å². The van der Waals surface area contributed by atoms with Crippen molar-refractivity contribution in [3.05, 3.63) is 59.7 Å². The Balaban J connectivity index is 1.95. The molecule has 0 aliphatic rings. The van der Waals surface area contributed by atoms with Gasteiger partial charge in [0.15, 0.2) is 0 Å². The Morgan fingerprint density at radius 1 is 1.45 bits per heavy atom. The number of benzene rings is 1. The normalized spacial score (nSPS) is 10.9. The number of hydrogen-bond acceptors (Lipinski definition) is 3. The number of aryl methyl sites for hydroxylation is 2. The average Bonchev–Trinajstić information content (AvgIpc) is 2.84. The largest absolute Gasteiger partial charge is 0.489 e. The summed E-state index contributed by atoms with van der Waals surface area (Å²) in [5.74, 6) is 0.441. The van der Waals surface area contributed by atoms with Crippen LogP contribution < -0.4 is 10.1 Å². The third-order valence-electron chi connectivity index (χ3n) is 3.02. The lowest BCUT2D eigenvalue weighted by atomic mass is 10.2. The third kappa shape index (κ3) is 4.18. The van der Waals surface area contributed by atoms with Gasteiger partial charge in [-0.05, 0) is 36.8 Å². The minimum absolute atomic E-state index is 0.167. The molecule has 5 nitrogen and oxygen atoms in total. The van der Waals surface area contributed by atoms with Crippen molar-refractivity contribution in [1.29, 1.82) is 0 Å². The van der Waals surface area contributed by atoms with Gasteiger partial charge in [0.2, 0.25) is 0 Å². The molecule has 2 rings (SSSR count). The van der Waals surface area contributed by atoms with Gasteiger partial charge in [-0.25, -0.2) is 4.39 Å². The van der Waals surface area contributed by atoms with Gasteiger partial charge in [0.25, 0.3) is 5.91 Å². The Kier molecular flexibility index (Phi) is 5.30. The molecule has 0 saturated carbocycles. The van der Waals surface area contributed by atoms with Crippen LogP contribution in [0, 0.1) is 6.92 Å². The highest BCUT2D eigenvalue weighted by Crippen LogP contribution is 2.13. The Morgan fingerprint density at radius 2 is 2.27 bits per heavy atom. The topological polar surface area (TPSA) is 56.1 Å². The second-order valence-electron chi connectivity index (χ2n) is 4.80. The summed E-state index contributed by atoms with van der Waals surface area (Å²) in [5, 5.41) is 6.98. The fourth-order valence-corrected chi connectivity index (χ4v) is 2.02. The molecule has 0 spiro atoms. The first kappa shape index (κ1) is 15.8. The maximum Gasteiger partial charge on any atom is 0.269 e. The van der Waals surface area contributed by atoms with Gasteiger partial charge in [-0.2, -0.15) is 5.10 Å². The van der Waals surface area contributed by atoms with Crippen molar-refractivity contribution < 1.29 is 13.9 Å². The first-order chi connectivity index (χ1) is 10.6. The van der Waals surface area contributed by atoms with Gasteiger partial charge in [0, 0.05) is 13.6 Å². The van der Waals surface area contributed by atoms with E-state index in [1.165, 1.54) is 6.08 Å². The number of hydrogen-bond donors (Lipinski definition) is 1. The Labute approximate surface area is 128 Å². The van der Waals surface area contributed by atoms with Crippen LogP contribution in [0.5, 0.6) is 5.75 Å². The number of rotatable bonds is 6. The molecule has 1 amide bonds. The van der Waals surface area contributed by atoms with Gasteiger partial charge < -0.3 is 10.1 Å². The molecule has 1 N–H and O–H groups in total. The first-order valence-corrected chi connectivity index (χ1v) is 6.86. The second-order valence-corrected chi connectivity index (χ2v) is 4.80. The van der Waals surface area contributed by atoms with E-state index in [0.717, 1.165) is 11.3 Å². The van der Waals surface area contributed by atoms with Crippen LogP contribution in [-0.2, 0) is 13.6 Å². The number of nitrogens with zero attached hydrogens (tertiary/aromatic N) is 2. The molecule has 0 saturated heterocycles. The van der Waals surface area contributed by atoms with Crippen molar-refractivity contribution in [2.24, 2.45) is 7.05 Å². The fraction of sp³-hybridized carbons (Fsp3) is 0.250. The summed E-state index contributed by atoms with van der Waals surface area (Å²) in [4.78, 5) is 12.1. The van der Waals surface area contributed by atoms with Crippen LogP contribution in [0.25, 0.3) is 0 Å². The molecular formula is C16H18FN3O2. The molecule has 0 unspecified atom stereocenters. The molecule has 0 aliphatic heterocycles. The van der Waals surface area contributed by atoms with Gasteiger partial charge in [-0.1, -0.05) is 12.1 Å². The van der Waals surface area contributed by atoms with Crippen LogP contribution in [-0.4, -0.2) is 22.3 Å². The first-order valence-electron chi connectivity index (χ1n) is 6.86. The van der Waals surface area contributed by atoms with Crippen molar-refractivity contribution in [3.8, 4) is 5.75 Å². The predicted molar refractivity (Wildman–Crippen MR) is 81.3 cm³/mol. The summed E-state index contributed by atoms with van der Waals surface area (Å²) in [5.41, 5.74) is 2.20. The average molecular weight is 303 g/mol. The lowest BCUT2D eigenvalue weighted by Crippen LogP contribution is -2.25. The number of carbonyl (C=O) groups is 1. The van der Waals surface area contributed by atoms with Crippen LogP contribution in [0.15, 0.2) is 42.7 Å². The SMILES string of the molecule is Cc1cc(C(=O)NCc2cccc(OCC=CF)c2)n(C)n1. The summed E-state index contributed by atoms with van der Waals surface area (Å²) < 4.78 is 18.8. The van der Waals surface area contributed by atoms with Crippen molar-refractivity contribution in [2.75, 3.05) is 6.61 Å². The maximum absolute atomic E-state index is 12.1. The highest BCUT2D eigenvalue weighted by atomic mass is 19.1. The zero-order chi connectivity index (χ0) is 15.9. The lowest BCUT2D eigenvalue weighted by molar-refractivity contribution is 0.0941. The molecule has 1 aromatic carbocycles. The summed E-state index contributed by atoms with van der Waals surface area (Å²) in [6.07, 6.45) is 1.72. The van der Waals surface area contributed by atoms with Crippen molar-refractivity contribution in [3.63, 3.8) is 0 Å². The highest BCUT2D eigenvalue weighted by Gasteiger charge is 2.11. The van der Waals surface area contributed by atoms with Crippen LogP contribution in [0.2, 0.25) is 0 Å². The van der Waals surface area contributed by atoms with Crippen molar-refractivity contribution in [2.45, 2.75) is 13.5 Å². The van der Waals surface area contributed by atoms with E-state index in [0.29, 0.717) is 24.3 Å². The molecule has 116 valence electrons. The summed E-state index contributed by atoms with van der Waals surface area (Å²) in [7, 11) is 1.73. The number of amides is 1. The Bertz CT molecular complexity index is 680. The minimum Gasteiger partial charge on any atom is -0.489 e. The predicted octanol–water partition coefficient (Wildman–Crippen LogP) is 2.52. The van der Waals surface area contributed by atoms with Gasteiger partial charge >= 0.3 is 0 Å². The van der Waals surface area contributed by atoms with Gasteiger partial charge in [0.1, 0.15) is 18.1 Å². The van der Waals surface area contributed by atoms with E-state index in [2.05, 4.69) is 10.4 Å². The second kappa shape index (κ2) is 7.40. The van der Waals surface area contributed by atoms with Crippen LogP contribution >= 0.6 is 0 Å². The number of carbonyl (C=O) groups excluding carboxylic acids is 1. The molecular weight excluding hydrogens is 285 g/mol. The summed E-state index contributed by atoms with van der Waals surface area (Å²) >= 11 is 0. The standard InChI is InChI=1S/C16H18FN3O2/c1-12-9-15(20(2)19-12)16(21)18-11-13-5-3-6-14(10-13)22-8-4-7-17/h3-7,9-10H,8,11H2,1-2H3,(H,18,21). The molecule has 0 bridgehead atoms. The molecule has 1 heterocycles. The van der Waals surface area contributed by atoms with Crippen LogP contribution in [0.3, 0.4) is 0 Å². The molecule has 0 fully saturated rings. The van der Waals surface area contributed by atoms with Gasteiger partial charge in [-0.3, -0.25) is 9.48 Å². The van der Waals surface area contributed by atoms with Gasteiger partial charge in [0.05, 0.1) is 12.0 Å². The third-order valence-corrected chi connectivity index (χ3v) is 3.02. The van der Waals surface area contributed by atoms with E-state index < -0.39 is 0 Å². The molecule has 2 aromatic rings. The van der Waals surface area contributed by atoms with E-state index in [9.17, 15) is 9.18 Å². The number of nitrogens with one attached hydrogen (secondary N) is 1. The number of aromatic nitrogens is 2. The monoisotopic (exact) mass is 303 g/mol. The fourth-order valence-electron chi connectivity index (χ4n) is 2.02. The van der Waals surface area contributed by atoms with E-state index in [4.69, 9.17) is 4.74 Å².